The van der Waals surface area contributed by atoms with Crippen molar-refractivity contribution < 1.29 is 54.8 Å². The fourth-order valence-electron chi connectivity index (χ4n) is 1.34. The van der Waals surface area contributed by atoms with Crippen molar-refractivity contribution in [1.29, 1.82) is 0 Å². The molecule has 0 N–H and O–H groups in total. The van der Waals surface area contributed by atoms with Gasteiger partial charge in [0.25, 0.3) is 0 Å². The van der Waals surface area contributed by atoms with Gasteiger partial charge in [0.05, 0.1) is 0 Å². The van der Waals surface area contributed by atoms with E-state index in [1.165, 1.54) is 37.7 Å². The summed E-state index contributed by atoms with van der Waals surface area (Å²) in [4.78, 5) is 25.6. The van der Waals surface area contributed by atoms with Crippen molar-refractivity contribution in [3.05, 3.63) is 35.9 Å². The van der Waals surface area contributed by atoms with E-state index in [0.29, 0.717) is 0 Å². The second-order valence-corrected chi connectivity index (χ2v) is 4.56. The van der Waals surface area contributed by atoms with Crippen LogP contribution >= 0.6 is 7.82 Å². The molecule has 6 heteroatoms. The van der Waals surface area contributed by atoms with Gasteiger partial charge < -0.3 is 19.2 Å². The van der Waals surface area contributed by atoms with Gasteiger partial charge in [0.15, 0.2) is 0 Å². The second kappa shape index (κ2) is 12.6. The van der Waals surface area contributed by atoms with Crippen molar-refractivity contribution in [3.8, 4) is 0 Å². The topological polar surface area (TPSA) is 86.2 Å². The van der Waals surface area contributed by atoms with Gasteiger partial charge in [-0.3, -0.25) is 0 Å². The van der Waals surface area contributed by atoms with E-state index in [4.69, 9.17) is 19.2 Å². The average molecular weight is 395 g/mol. The number of hydrogen-bond donors (Lipinski definition) is 0. The van der Waals surface area contributed by atoms with Crippen molar-refractivity contribution in [2.24, 2.45) is 0 Å². The summed E-state index contributed by atoms with van der Waals surface area (Å²) in [5.41, 5.74) is 1.45. The van der Waals surface area contributed by atoms with Gasteiger partial charge in [-0.05, 0) is 0 Å². The Bertz CT molecular complexity index is 318. The van der Waals surface area contributed by atoms with Crippen LogP contribution in [0.1, 0.15) is 38.2 Å². The number of phosphoric acid groups is 1. The third-order valence-electron chi connectivity index (χ3n) is 2.11. The van der Waals surface area contributed by atoms with E-state index >= 15 is 0 Å². The predicted octanol–water partition coefficient (Wildman–Crippen LogP) is 0.785. The molecule has 0 amide bonds. The first-order valence-corrected chi connectivity index (χ1v) is 7.07. The second-order valence-electron chi connectivity index (χ2n) is 3.67. The van der Waals surface area contributed by atoms with E-state index in [1.54, 1.807) is 0 Å². The molecular formula is C12H17LaO4P-. The standard InChI is InChI=1S/C12H17.La.H3O4P/c1-2-3-4-6-9-12-10-7-5-8-11-12;;1-5(2,3)4/h7-8,10-11H,2-4,6,9H2,1H3;;(H3,1,2,3,4)/q-1;+3;/p-3. The summed E-state index contributed by atoms with van der Waals surface area (Å²) >= 11 is 0. The molecule has 0 heterocycles. The molecule has 1 rings (SSSR count). The minimum absolute atomic E-state index is 0. The molecule has 0 aliphatic carbocycles. The Kier molecular flexibility index (Phi) is 14.5. The largest absolute Gasteiger partial charge is 3.00 e. The van der Waals surface area contributed by atoms with Gasteiger partial charge >= 0.3 is 35.6 Å². The van der Waals surface area contributed by atoms with Gasteiger partial charge in [-0.25, -0.2) is 0 Å². The maximum absolute atomic E-state index is 8.55. The first-order chi connectivity index (χ1) is 7.93. The van der Waals surface area contributed by atoms with E-state index in [9.17, 15) is 0 Å². The summed E-state index contributed by atoms with van der Waals surface area (Å²) in [6.07, 6.45) is 6.63. The minimum Gasteiger partial charge on any atom is -0.822 e. The van der Waals surface area contributed by atoms with Crippen molar-refractivity contribution in [1.82, 2.24) is 0 Å². The smallest absolute Gasteiger partial charge is 0.822 e. The normalized spacial score (nSPS) is 10.0. The van der Waals surface area contributed by atoms with E-state index in [-0.39, 0.29) is 35.6 Å². The van der Waals surface area contributed by atoms with Gasteiger partial charge in [-0.1, -0.05) is 39.0 Å². The van der Waals surface area contributed by atoms with Crippen molar-refractivity contribution in [3.63, 3.8) is 0 Å². The van der Waals surface area contributed by atoms with Crippen LogP contribution in [0.15, 0.2) is 24.3 Å². The summed E-state index contributed by atoms with van der Waals surface area (Å²) in [6.45, 7) is 2.25. The van der Waals surface area contributed by atoms with Crippen LogP contribution in [-0.2, 0) is 11.0 Å². The number of aryl methyl sites for hydroxylation is 1. The van der Waals surface area contributed by atoms with E-state index in [0.717, 1.165) is 0 Å². The molecule has 0 fully saturated rings. The van der Waals surface area contributed by atoms with E-state index in [1.807, 2.05) is 12.1 Å². The Morgan fingerprint density at radius 3 is 2.06 bits per heavy atom. The maximum atomic E-state index is 8.55. The number of hydrogen-bond acceptors (Lipinski definition) is 4. The maximum Gasteiger partial charge on any atom is 3.00 e. The summed E-state index contributed by atoms with van der Waals surface area (Å²) in [5.74, 6) is 0. The SMILES string of the molecule is CCCCCCc1cc[c-]cc1.O=P([O-])([O-])[O-].[La+3]. The summed E-state index contributed by atoms with van der Waals surface area (Å²) in [5, 5.41) is 0. The molecule has 0 bridgehead atoms. The molecule has 0 aromatic heterocycles. The summed E-state index contributed by atoms with van der Waals surface area (Å²) in [6, 6.07) is 11.3. The van der Waals surface area contributed by atoms with Crippen LogP contribution < -0.4 is 14.7 Å². The molecule has 1 aromatic rings. The Balaban J connectivity index is 0. The van der Waals surface area contributed by atoms with Crippen molar-refractivity contribution in [2.45, 2.75) is 39.0 Å². The quantitative estimate of drug-likeness (QED) is 0.419. The molecule has 0 saturated heterocycles. The Morgan fingerprint density at radius 2 is 1.61 bits per heavy atom. The minimum atomic E-state index is -5.39. The van der Waals surface area contributed by atoms with Crippen LogP contribution in [0.3, 0.4) is 0 Å². The van der Waals surface area contributed by atoms with Crippen LogP contribution in [0, 0.1) is 41.7 Å². The fraction of sp³-hybridized carbons (Fsp3) is 0.500. The zero-order chi connectivity index (χ0) is 13.1. The van der Waals surface area contributed by atoms with E-state index < -0.39 is 7.82 Å². The first kappa shape index (κ1) is 20.8. The van der Waals surface area contributed by atoms with E-state index in [2.05, 4.69) is 25.1 Å². The van der Waals surface area contributed by atoms with Crippen molar-refractivity contribution in [2.75, 3.05) is 0 Å². The molecule has 0 atom stereocenters. The molecule has 0 unspecified atom stereocenters. The molecule has 0 spiro atoms. The zero-order valence-electron chi connectivity index (χ0n) is 10.5. The number of unbranched alkanes of at least 4 members (excludes halogenated alkanes) is 3. The molecule has 18 heavy (non-hydrogen) atoms. The monoisotopic (exact) mass is 395 g/mol. The van der Waals surface area contributed by atoms with Gasteiger partial charge in [0, 0.05) is 0 Å². The molecule has 0 saturated carbocycles. The van der Waals surface area contributed by atoms with Crippen LogP contribution in [0.2, 0.25) is 0 Å². The van der Waals surface area contributed by atoms with Gasteiger partial charge in [0.2, 0.25) is 0 Å². The van der Waals surface area contributed by atoms with Gasteiger partial charge in [-0.15, -0.1) is 0 Å². The molecule has 1 aromatic carbocycles. The Labute approximate surface area is 137 Å². The molecule has 4 nitrogen and oxygen atoms in total. The van der Waals surface area contributed by atoms with Crippen molar-refractivity contribution >= 4 is 7.82 Å². The Hall–Kier alpha value is 0.525. The van der Waals surface area contributed by atoms with Crippen LogP contribution in [-0.4, -0.2) is 0 Å². The van der Waals surface area contributed by atoms with Crippen LogP contribution in [0.4, 0.5) is 0 Å². The molecule has 0 aliphatic heterocycles. The Morgan fingerprint density at radius 1 is 1.11 bits per heavy atom. The number of rotatable bonds is 5. The third kappa shape index (κ3) is 18.9. The molecule has 98 valence electrons. The van der Waals surface area contributed by atoms with Crippen LogP contribution in [0.25, 0.3) is 0 Å². The third-order valence-corrected chi connectivity index (χ3v) is 2.11. The summed E-state index contributed by atoms with van der Waals surface area (Å²) < 4.78 is 8.55. The van der Waals surface area contributed by atoms with Crippen LogP contribution in [0.5, 0.6) is 0 Å². The fourth-order valence-corrected chi connectivity index (χ4v) is 1.34. The average Bonchev–Trinajstić information content (AvgIpc) is 2.24. The molecular weight excluding hydrogens is 378 g/mol. The zero-order valence-corrected chi connectivity index (χ0v) is 15.0. The predicted molar refractivity (Wildman–Crippen MR) is 60.7 cm³/mol. The molecule has 0 aliphatic rings. The summed E-state index contributed by atoms with van der Waals surface area (Å²) in [7, 11) is -5.39. The first-order valence-electron chi connectivity index (χ1n) is 5.61. The molecule has 0 radical (unpaired) electrons. The number of benzene rings is 1. The van der Waals surface area contributed by atoms with Gasteiger partial charge in [-0.2, -0.15) is 43.7 Å². The van der Waals surface area contributed by atoms with Gasteiger partial charge in [0.1, 0.15) is 0 Å².